The van der Waals surface area contributed by atoms with Gasteiger partial charge in [-0.1, -0.05) is 6.07 Å². The fourth-order valence-electron chi connectivity index (χ4n) is 1.70. The summed E-state index contributed by atoms with van der Waals surface area (Å²) in [7, 11) is 0. The van der Waals surface area contributed by atoms with Crippen LogP contribution < -0.4 is 4.74 Å². The van der Waals surface area contributed by atoms with Crippen LogP contribution in [0.25, 0.3) is 0 Å². The second-order valence-electron chi connectivity index (χ2n) is 4.72. The average Bonchev–Trinajstić information content (AvgIpc) is 2.47. The third-order valence-electron chi connectivity index (χ3n) is 3.22. The number of aryl methyl sites for hydroxylation is 2. The van der Waals surface area contributed by atoms with E-state index >= 15 is 0 Å². The van der Waals surface area contributed by atoms with Crippen LogP contribution >= 0.6 is 0 Å². The molecule has 0 N–H and O–H groups in total. The Bertz CT molecular complexity index is 594. The van der Waals surface area contributed by atoms with E-state index in [0.717, 1.165) is 11.5 Å². The van der Waals surface area contributed by atoms with Gasteiger partial charge in [0.1, 0.15) is 11.5 Å². The summed E-state index contributed by atoms with van der Waals surface area (Å²) >= 11 is 0. The zero-order valence-corrected chi connectivity index (χ0v) is 11.4. The minimum Gasteiger partial charge on any atom is -0.457 e. The van der Waals surface area contributed by atoms with Crippen LogP contribution in [0.2, 0.25) is 0 Å². The van der Waals surface area contributed by atoms with Gasteiger partial charge < -0.3 is 4.74 Å². The van der Waals surface area contributed by atoms with Gasteiger partial charge >= 0.3 is 0 Å². The van der Waals surface area contributed by atoms with Crippen molar-refractivity contribution in [3.8, 4) is 5.75 Å². The second-order valence-corrected chi connectivity index (χ2v) is 4.72. The lowest BCUT2D eigenvalue weighted by molar-refractivity contribution is 0.444. The molecule has 92 valence electrons. The van der Waals surface area contributed by atoms with Crippen LogP contribution in [0.4, 0.5) is 0 Å². The van der Waals surface area contributed by atoms with E-state index in [1.54, 1.807) is 0 Å². The molecular formula is C17H18O. The van der Waals surface area contributed by atoms with Crippen LogP contribution in [-0.4, -0.2) is 0 Å². The number of allylic oxidation sites excluding steroid dienone is 4. The quantitative estimate of drug-likeness (QED) is 0.683. The topological polar surface area (TPSA) is 9.23 Å². The average molecular weight is 238 g/mol. The predicted molar refractivity (Wildman–Crippen MR) is 75.7 cm³/mol. The van der Waals surface area contributed by atoms with Crippen LogP contribution in [0.1, 0.15) is 25.0 Å². The maximum Gasteiger partial charge on any atom is 0.135 e. The van der Waals surface area contributed by atoms with Gasteiger partial charge in [0.15, 0.2) is 0 Å². The highest BCUT2D eigenvalue weighted by Gasteiger charge is 2.02. The third kappa shape index (κ3) is 2.82. The van der Waals surface area contributed by atoms with E-state index in [4.69, 9.17) is 4.74 Å². The largest absolute Gasteiger partial charge is 0.457 e. The molecule has 0 aromatic heterocycles. The monoisotopic (exact) mass is 238 g/mol. The van der Waals surface area contributed by atoms with Gasteiger partial charge in [0.2, 0.25) is 0 Å². The summed E-state index contributed by atoms with van der Waals surface area (Å²) in [6.07, 6.45) is 5.89. The lowest BCUT2D eigenvalue weighted by atomic mass is 10.1. The molecule has 0 radical (unpaired) electrons. The molecule has 1 aromatic rings. The Morgan fingerprint density at radius 2 is 1.67 bits per heavy atom. The van der Waals surface area contributed by atoms with E-state index in [-0.39, 0.29) is 0 Å². The standard InChI is InChI=1S/C17H18O/c1-12-6-5-7-16(10-14(12)3)18-17-9-8-13(2)15(4)11-17/h6-11H,1-4H3. The fourth-order valence-corrected chi connectivity index (χ4v) is 1.70. The summed E-state index contributed by atoms with van der Waals surface area (Å²) in [4.78, 5) is 0. The zero-order chi connectivity index (χ0) is 13.1. The Balaban J connectivity index is 2.27. The maximum absolute atomic E-state index is 5.88. The minimum atomic E-state index is 0.823. The summed E-state index contributed by atoms with van der Waals surface area (Å²) in [5.74, 6) is 1.69. The van der Waals surface area contributed by atoms with Crippen molar-refractivity contribution in [1.82, 2.24) is 0 Å². The van der Waals surface area contributed by atoms with E-state index in [1.807, 2.05) is 24.3 Å². The first kappa shape index (κ1) is 12.5. The van der Waals surface area contributed by atoms with Gasteiger partial charge in [0.05, 0.1) is 0 Å². The Hall–Kier alpha value is -1.98. The molecule has 1 aliphatic carbocycles. The van der Waals surface area contributed by atoms with E-state index in [2.05, 4.69) is 45.6 Å². The first-order valence-corrected chi connectivity index (χ1v) is 6.13. The second kappa shape index (κ2) is 5.12. The van der Waals surface area contributed by atoms with E-state index in [9.17, 15) is 0 Å². The first-order chi connectivity index (χ1) is 8.56. The van der Waals surface area contributed by atoms with Crippen LogP contribution in [0.15, 0.2) is 59.1 Å². The Kier molecular flexibility index (Phi) is 3.55. The van der Waals surface area contributed by atoms with Crippen molar-refractivity contribution in [2.24, 2.45) is 0 Å². The van der Waals surface area contributed by atoms with E-state index in [0.29, 0.717) is 0 Å². The summed E-state index contributed by atoms with van der Waals surface area (Å²) < 4.78 is 5.88. The highest BCUT2D eigenvalue weighted by molar-refractivity contribution is 5.40. The van der Waals surface area contributed by atoms with Gasteiger partial charge in [0.25, 0.3) is 0 Å². The van der Waals surface area contributed by atoms with Crippen molar-refractivity contribution in [3.05, 3.63) is 70.2 Å². The normalized spacial score (nSPS) is 14.6. The molecule has 0 aliphatic heterocycles. The smallest absolute Gasteiger partial charge is 0.135 e. The van der Waals surface area contributed by atoms with E-state index < -0.39 is 0 Å². The van der Waals surface area contributed by atoms with Gasteiger partial charge in [-0.2, -0.15) is 0 Å². The summed E-state index contributed by atoms with van der Waals surface area (Å²) in [6.45, 7) is 8.35. The highest BCUT2D eigenvalue weighted by atomic mass is 16.5. The zero-order valence-electron chi connectivity index (χ0n) is 11.4. The van der Waals surface area contributed by atoms with Gasteiger partial charge in [-0.15, -0.1) is 5.73 Å². The third-order valence-corrected chi connectivity index (χ3v) is 3.22. The molecule has 0 saturated carbocycles. The van der Waals surface area contributed by atoms with Crippen molar-refractivity contribution >= 4 is 0 Å². The molecule has 18 heavy (non-hydrogen) atoms. The summed E-state index contributed by atoms with van der Waals surface area (Å²) in [5.41, 5.74) is 8.06. The molecule has 1 aromatic carbocycles. The van der Waals surface area contributed by atoms with Crippen molar-refractivity contribution in [2.75, 3.05) is 0 Å². The molecule has 1 heteroatoms. The minimum absolute atomic E-state index is 0.823. The number of ether oxygens (including phenoxy) is 1. The lowest BCUT2D eigenvalue weighted by Gasteiger charge is -2.08. The van der Waals surface area contributed by atoms with E-state index in [1.165, 1.54) is 22.3 Å². The Labute approximate surface area is 109 Å². The summed E-state index contributed by atoms with van der Waals surface area (Å²) in [5, 5.41) is 0. The lowest BCUT2D eigenvalue weighted by Crippen LogP contribution is -1.93. The molecule has 2 rings (SSSR count). The summed E-state index contributed by atoms with van der Waals surface area (Å²) in [6, 6.07) is 6.14. The molecule has 0 bridgehead atoms. The van der Waals surface area contributed by atoms with Gasteiger partial charge in [0, 0.05) is 6.08 Å². The molecule has 0 heterocycles. The number of rotatable bonds is 2. The fraction of sp³-hybridized carbons (Fsp3) is 0.235. The molecular weight excluding hydrogens is 220 g/mol. The van der Waals surface area contributed by atoms with Crippen molar-refractivity contribution in [3.63, 3.8) is 0 Å². The van der Waals surface area contributed by atoms with Crippen LogP contribution in [-0.2, 0) is 0 Å². The highest BCUT2D eigenvalue weighted by Crippen LogP contribution is 2.21. The van der Waals surface area contributed by atoms with Gasteiger partial charge in [-0.05, 0) is 74.3 Å². The predicted octanol–water partition coefficient (Wildman–Crippen LogP) is 4.63. The molecule has 0 saturated heterocycles. The van der Waals surface area contributed by atoms with Gasteiger partial charge in [-0.25, -0.2) is 0 Å². The number of benzene rings is 1. The SMILES string of the molecule is CC1=C(C)C=C(Oc2ccc(C)c(C)c2)C=C=C1. The molecule has 0 unspecified atom stereocenters. The van der Waals surface area contributed by atoms with Gasteiger partial charge in [-0.3, -0.25) is 0 Å². The van der Waals surface area contributed by atoms with Crippen LogP contribution in [0, 0.1) is 13.8 Å². The molecule has 1 aliphatic rings. The Morgan fingerprint density at radius 1 is 0.889 bits per heavy atom. The van der Waals surface area contributed by atoms with Crippen LogP contribution in [0.3, 0.4) is 0 Å². The molecule has 0 spiro atoms. The van der Waals surface area contributed by atoms with Crippen molar-refractivity contribution in [1.29, 1.82) is 0 Å². The Morgan fingerprint density at radius 3 is 2.39 bits per heavy atom. The molecule has 1 nitrogen and oxygen atoms in total. The maximum atomic E-state index is 5.88. The molecule has 0 atom stereocenters. The van der Waals surface area contributed by atoms with Crippen molar-refractivity contribution < 1.29 is 4.74 Å². The number of hydrogen-bond donors (Lipinski definition) is 0. The van der Waals surface area contributed by atoms with Crippen molar-refractivity contribution in [2.45, 2.75) is 27.7 Å². The molecule has 0 fully saturated rings. The van der Waals surface area contributed by atoms with Crippen LogP contribution in [0.5, 0.6) is 5.75 Å². The number of hydrogen-bond acceptors (Lipinski definition) is 1. The first-order valence-electron chi connectivity index (χ1n) is 6.13. The molecule has 0 amide bonds.